The van der Waals surface area contributed by atoms with Gasteiger partial charge in [0.25, 0.3) is 5.91 Å². The summed E-state index contributed by atoms with van der Waals surface area (Å²) in [5.41, 5.74) is 0.820. The Labute approximate surface area is 174 Å². The van der Waals surface area contributed by atoms with Crippen LogP contribution in [0.1, 0.15) is 36.0 Å². The number of nitrogens with zero attached hydrogens (tertiary/aromatic N) is 2. The van der Waals surface area contributed by atoms with Crippen molar-refractivity contribution in [3.8, 4) is 0 Å². The zero-order chi connectivity index (χ0) is 20.3. The smallest absolute Gasteiger partial charge is 0.289 e. The van der Waals surface area contributed by atoms with Crippen LogP contribution in [-0.4, -0.2) is 53.8 Å². The van der Waals surface area contributed by atoms with E-state index in [9.17, 15) is 9.59 Å². The van der Waals surface area contributed by atoms with Gasteiger partial charge in [-0.25, -0.2) is 0 Å². The number of furan rings is 1. The van der Waals surface area contributed by atoms with Gasteiger partial charge in [-0.05, 0) is 43.7 Å². The lowest BCUT2D eigenvalue weighted by Gasteiger charge is -2.37. The molecule has 1 saturated heterocycles. The van der Waals surface area contributed by atoms with Gasteiger partial charge < -0.3 is 14.6 Å². The zero-order valence-electron chi connectivity index (χ0n) is 15.8. The predicted molar refractivity (Wildman–Crippen MR) is 109 cm³/mol. The minimum atomic E-state index is -0.311. The molecule has 3 rings (SSSR count). The highest BCUT2D eigenvalue weighted by Crippen LogP contribution is 2.26. The van der Waals surface area contributed by atoms with Crippen LogP contribution in [0, 0.1) is 0 Å². The molecule has 6 nitrogen and oxygen atoms in total. The highest BCUT2D eigenvalue weighted by Gasteiger charge is 2.29. The molecule has 2 unspecified atom stereocenters. The molecule has 1 N–H and O–H groups in total. The van der Waals surface area contributed by atoms with Gasteiger partial charge in [0.15, 0.2) is 5.76 Å². The topological polar surface area (TPSA) is 65.8 Å². The van der Waals surface area contributed by atoms with Crippen molar-refractivity contribution in [3.05, 3.63) is 58.0 Å². The Morgan fingerprint density at radius 2 is 1.82 bits per heavy atom. The highest BCUT2D eigenvalue weighted by molar-refractivity contribution is 6.35. The van der Waals surface area contributed by atoms with Crippen LogP contribution in [0.3, 0.4) is 0 Å². The first kappa shape index (κ1) is 20.7. The van der Waals surface area contributed by atoms with Crippen molar-refractivity contribution in [2.24, 2.45) is 0 Å². The summed E-state index contributed by atoms with van der Waals surface area (Å²) in [6, 6.07) is 8.05. The average Bonchev–Trinajstić information content (AvgIpc) is 3.21. The molecule has 0 saturated carbocycles. The normalized spacial score (nSPS) is 17.2. The van der Waals surface area contributed by atoms with Crippen molar-refractivity contribution in [1.82, 2.24) is 15.1 Å². The maximum atomic E-state index is 12.7. The second-order valence-electron chi connectivity index (χ2n) is 6.88. The summed E-state index contributed by atoms with van der Waals surface area (Å²) in [6.45, 7) is 6.11. The van der Waals surface area contributed by atoms with E-state index in [-0.39, 0.29) is 23.9 Å². The first-order valence-corrected chi connectivity index (χ1v) is 9.94. The molecule has 1 aliphatic rings. The Hall–Kier alpha value is -2.02. The van der Waals surface area contributed by atoms with Crippen molar-refractivity contribution in [2.45, 2.75) is 25.9 Å². The molecule has 2 aromatic rings. The molecule has 8 heteroatoms. The predicted octanol–water partition coefficient (Wildman–Crippen LogP) is 3.61. The van der Waals surface area contributed by atoms with Crippen LogP contribution in [0.4, 0.5) is 0 Å². The van der Waals surface area contributed by atoms with Gasteiger partial charge in [-0.1, -0.05) is 29.3 Å². The second kappa shape index (κ2) is 8.99. The van der Waals surface area contributed by atoms with Crippen molar-refractivity contribution >= 4 is 35.0 Å². The van der Waals surface area contributed by atoms with Crippen molar-refractivity contribution in [3.63, 3.8) is 0 Å². The number of hydrogen-bond donors (Lipinski definition) is 1. The van der Waals surface area contributed by atoms with Crippen LogP contribution >= 0.6 is 23.2 Å². The number of rotatable bonds is 5. The molecule has 0 spiro atoms. The maximum absolute atomic E-state index is 12.7. The number of nitrogens with one attached hydrogen (secondary N) is 1. The number of benzene rings is 1. The lowest BCUT2D eigenvalue weighted by molar-refractivity contribution is -0.127. The highest BCUT2D eigenvalue weighted by atomic mass is 35.5. The van der Waals surface area contributed by atoms with Crippen molar-refractivity contribution in [2.75, 3.05) is 26.2 Å². The average molecular weight is 424 g/mol. The molecule has 1 aromatic heterocycles. The summed E-state index contributed by atoms with van der Waals surface area (Å²) in [7, 11) is 0. The van der Waals surface area contributed by atoms with Crippen LogP contribution < -0.4 is 5.32 Å². The van der Waals surface area contributed by atoms with Gasteiger partial charge >= 0.3 is 0 Å². The lowest BCUT2D eigenvalue weighted by atomic mass is 10.1. The number of carbonyl (C=O) groups excluding carboxylic acids is 2. The van der Waals surface area contributed by atoms with E-state index >= 15 is 0 Å². The third-order valence-corrected chi connectivity index (χ3v) is 5.61. The quantitative estimate of drug-likeness (QED) is 0.797. The molecule has 2 amide bonds. The van der Waals surface area contributed by atoms with Gasteiger partial charge in [-0.15, -0.1) is 0 Å². The Morgan fingerprint density at radius 3 is 2.43 bits per heavy atom. The second-order valence-corrected chi connectivity index (χ2v) is 7.72. The summed E-state index contributed by atoms with van der Waals surface area (Å²) in [6.07, 6.45) is 1.49. The third kappa shape index (κ3) is 4.69. The number of amides is 2. The van der Waals surface area contributed by atoms with E-state index in [0.717, 1.165) is 5.56 Å². The largest absolute Gasteiger partial charge is 0.459 e. The summed E-state index contributed by atoms with van der Waals surface area (Å²) >= 11 is 12.2. The molecule has 150 valence electrons. The fourth-order valence-electron chi connectivity index (χ4n) is 3.30. The molecule has 0 aliphatic carbocycles. The van der Waals surface area contributed by atoms with E-state index in [1.165, 1.54) is 6.26 Å². The van der Waals surface area contributed by atoms with Crippen LogP contribution in [0.15, 0.2) is 41.0 Å². The minimum Gasteiger partial charge on any atom is -0.459 e. The fourth-order valence-corrected chi connectivity index (χ4v) is 3.87. The van der Waals surface area contributed by atoms with Gasteiger partial charge in [0.2, 0.25) is 5.91 Å². The molecular formula is C20H23Cl2N3O3. The van der Waals surface area contributed by atoms with Gasteiger partial charge in [-0.3, -0.25) is 14.5 Å². The number of hydrogen-bond acceptors (Lipinski definition) is 4. The Kier molecular flexibility index (Phi) is 6.65. The Bertz CT molecular complexity index is 833. The van der Waals surface area contributed by atoms with Crippen LogP contribution in [-0.2, 0) is 4.79 Å². The molecule has 1 aliphatic heterocycles. The van der Waals surface area contributed by atoms with E-state index in [4.69, 9.17) is 27.6 Å². The van der Waals surface area contributed by atoms with Crippen molar-refractivity contribution < 1.29 is 14.0 Å². The lowest BCUT2D eigenvalue weighted by Crippen LogP contribution is -2.55. The summed E-state index contributed by atoms with van der Waals surface area (Å²) in [4.78, 5) is 28.8. The molecule has 1 aromatic carbocycles. The van der Waals surface area contributed by atoms with E-state index in [0.29, 0.717) is 42.0 Å². The fraction of sp³-hybridized carbons (Fsp3) is 0.400. The first-order chi connectivity index (χ1) is 13.4. The van der Waals surface area contributed by atoms with Crippen LogP contribution in [0.25, 0.3) is 0 Å². The van der Waals surface area contributed by atoms with Crippen LogP contribution in [0.2, 0.25) is 10.0 Å². The van der Waals surface area contributed by atoms with Gasteiger partial charge in [0.1, 0.15) is 0 Å². The first-order valence-electron chi connectivity index (χ1n) is 9.19. The number of halogens is 2. The van der Waals surface area contributed by atoms with E-state index in [2.05, 4.69) is 10.2 Å². The van der Waals surface area contributed by atoms with Gasteiger partial charge in [-0.2, -0.15) is 0 Å². The Morgan fingerprint density at radius 1 is 1.11 bits per heavy atom. The minimum absolute atomic E-state index is 0.0793. The molecule has 0 bridgehead atoms. The summed E-state index contributed by atoms with van der Waals surface area (Å²) in [5.74, 6) is 0.144. The zero-order valence-corrected chi connectivity index (χ0v) is 17.3. The molecular weight excluding hydrogens is 401 g/mol. The third-order valence-electron chi connectivity index (χ3n) is 5.05. The van der Waals surface area contributed by atoms with Crippen molar-refractivity contribution in [1.29, 1.82) is 0 Å². The molecule has 0 radical (unpaired) electrons. The van der Waals surface area contributed by atoms with Gasteiger partial charge in [0.05, 0.1) is 18.3 Å². The number of piperazine rings is 1. The van der Waals surface area contributed by atoms with Gasteiger partial charge in [0, 0.05) is 36.2 Å². The monoisotopic (exact) mass is 423 g/mol. The Balaban J connectivity index is 1.53. The standard InChI is InChI=1S/C20H23Cl2N3O3/c1-13(16-6-5-15(21)12-17(16)22)23-19(26)14(2)24-7-9-25(10-8-24)20(27)18-4-3-11-28-18/h3-6,11-14H,7-10H2,1-2H3,(H,23,26). The molecule has 28 heavy (non-hydrogen) atoms. The SMILES string of the molecule is CC(NC(=O)C(C)N1CCN(C(=O)c2ccco2)CC1)c1ccc(Cl)cc1Cl. The number of carbonyl (C=O) groups is 2. The summed E-state index contributed by atoms with van der Waals surface area (Å²) < 4.78 is 5.18. The summed E-state index contributed by atoms with van der Waals surface area (Å²) in [5, 5.41) is 4.09. The van der Waals surface area contributed by atoms with E-state index in [1.807, 2.05) is 19.9 Å². The molecule has 1 fully saturated rings. The van der Waals surface area contributed by atoms with E-state index in [1.54, 1.807) is 29.2 Å². The maximum Gasteiger partial charge on any atom is 0.289 e. The molecule has 2 heterocycles. The molecule has 2 atom stereocenters. The van der Waals surface area contributed by atoms with Crippen LogP contribution in [0.5, 0.6) is 0 Å². The van der Waals surface area contributed by atoms with E-state index < -0.39 is 0 Å².